The second-order valence-corrected chi connectivity index (χ2v) is 4.29. The minimum Gasteiger partial charge on any atom is -0.459 e. The molecule has 18 heavy (non-hydrogen) atoms. The molecule has 0 bridgehead atoms. The molecule has 0 saturated heterocycles. The van der Waals surface area contributed by atoms with Crippen molar-refractivity contribution >= 4 is 0 Å². The maximum absolute atomic E-state index is 5.57. The molecule has 5 nitrogen and oxygen atoms in total. The summed E-state index contributed by atoms with van der Waals surface area (Å²) in [5, 5.41) is 11.4. The van der Waals surface area contributed by atoms with Crippen LogP contribution in [0.15, 0.2) is 21.2 Å². The molecule has 0 amide bonds. The Morgan fingerprint density at radius 1 is 1.28 bits per heavy atom. The molecule has 2 heterocycles. The topological polar surface area (TPSA) is 64.1 Å². The van der Waals surface area contributed by atoms with Gasteiger partial charge >= 0.3 is 0 Å². The lowest BCUT2D eigenvalue weighted by Crippen LogP contribution is -2.16. The maximum atomic E-state index is 5.57. The van der Waals surface area contributed by atoms with Gasteiger partial charge in [0.25, 0.3) is 5.89 Å². The number of rotatable bonds is 7. The second kappa shape index (κ2) is 6.35. The SMILES string of the molecule is CCCNCCCc1nnc(-c2occc2C)o1. The molecule has 2 aromatic rings. The van der Waals surface area contributed by atoms with Crippen molar-refractivity contribution in [3.63, 3.8) is 0 Å². The Bertz CT molecular complexity index is 476. The zero-order chi connectivity index (χ0) is 12.8. The van der Waals surface area contributed by atoms with Crippen LogP contribution in [-0.4, -0.2) is 23.3 Å². The van der Waals surface area contributed by atoms with E-state index in [1.165, 1.54) is 0 Å². The molecule has 0 fully saturated rings. The normalized spacial score (nSPS) is 11.0. The van der Waals surface area contributed by atoms with E-state index in [4.69, 9.17) is 8.83 Å². The summed E-state index contributed by atoms with van der Waals surface area (Å²) >= 11 is 0. The summed E-state index contributed by atoms with van der Waals surface area (Å²) in [6, 6.07) is 1.88. The molecule has 0 aliphatic carbocycles. The van der Waals surface area contributed by atoms with E-state index in [-0.39, 0.29) is 0 Å². The standard InChI is InChI=1S/C13H19N3O2/c1-3-7-14-8-4-5-11-15-16-13(18-11)12-10(2)6-9-17-12/h6,9,14H,3-5,7-8H2,1-2H3. The van der Waals surface area contributed by atoms with E-state index in [2.05, 4.69) is 22.4 Å². The third-order valence-electron chi connectivity index (χ3n) is 2.69. The van der Waals surface area contributed by atoms with Crippen LogP contribution in [0.25, 0.3) is 11.7 Å². The van der Waals surface area contributed by atoms with Crippen LogP contribution in [0.1, 0.15) is 31.2 Å². The number of hydrogen-bond donors (Lipinski definition) is 1. The first-order chi connectivity index (χ1) is 8.81. The molecule has 0 saturated carbocycles. The van der Waals surface area contributed by atoms with Crippen molar-refractivity contribution in [2.75, 3.05) is 13.1 Å². The van der Waals surface area contributed by atoms with Gasteiger partial charge in [-0.2, -0.15) is 0 Å². The van der Waals surface area contributed by atoms with E-state index < -0.39 is 0 Å². The highest BCUT2D eigenvalue weighted by Crippen LogP contribution is 2.22. The van der Waals surface area contributed by atoms with Crippen LogP contribution in [0.3, 0.4) is 0 Å². The van der Waals surface area contributed by atoms with Gasteiger partial charge in [0, 0.05) is 12.0 Å². The third-order valence-corrected chi connectivity index (χ3v) is 2.69. The van der Waals surface area contributed by atoms with E-state index in [0.717, 1.165) is 37.9 Å². The molecule has 0 aliphatic heterocycles. The molecule has 0 aromatic carbocycles. The summed E-state index contributed by atoms with van der Waals surface area (Å²) in [4.78, 5) is 0. The van der Waals surface area contributed by atoms with Crippen LogP contribution in [0.5, 0.6) is 0 Å². The Kier molecular flexibility index (Phi) is 4.52. The fourth-order valence-corrected chi connectivity index (χ4v) is 1.70. The number of aryl methyl sites for hydroxylation is 2. The molecule has 2 aromatic heterocycles. The minimum absolute atomic E-state index is 0.467. The van der Waals surface area contributed by atoms with Gasteiger partial charge in [-0.25, -0.2) is 0 Å². The lowest BCUT2D eigenvalue weighted by molar-refractivity contribution is 0.470. The van der Waals surface area contributed by atoms with Crippen LogP contribution >= 0.6 is 0 Å². The number of nitrogens with one attached hydrogen (secondary N) is 1. The Labute approximate surface area is 107 Å². The van der Waals surface area contributed by atoms with Crippen LogP contribution < -0.4 is 5.32 Å². The average molecular weight is 249 g/mol. The van der Waals surface area contributed by atoms with E-state index in [1.54, 1.807) is 6.26 Å². The monoisotopic (exact) mass is 249 g/mol. The quantitative estimate of drug-likeness (QED) is 0.764. The van der Waals surface area contributed by atoms with Gasteiger partial charge < -0.3 is 14.2 Å². The highest BCUT2D eigenvalue weighted by Gasteiger charge is 2.13. The summed E-state index contributed by atoms with van der Waals surface area (Å²) in [6.07, 6.45) is 4.58. The Morgan fingerprint density at radius 2 is 2.17 bits per heavy atom. The summed E-state index contributed by atoms with van der Waals surface area (Å²) in [5.41, 5.74) is 1.01. The van der Waals surface area contributed by atoms with Crippen molar-refractivity contribution in [2.24, 2.45) is 0 Å². The highest BCUT2D eigenvalue weighted by molar-refractivity contribution is 5.49. The van der Waals surface area contributed by atoms with Crippen LogP contribution in [-0.2, 0) is 6.42 Å². The van der Waals surface area contributed by atoms with Gasteiger partial charge in [0.2, 0.25) is 5.89 Å². The van der Waals surface area contributed by atoms with Crippen molar-refractivity contribution in [1.29, 1.82) is 0 Å². The lowest BCUT2D eigenvalue weighted by Gasteiger charge is -1.99. The predicted molar refractivity (Wildman–Crippen MR) is 68.2 cm³/mol. The van der Waals surface area contributed by atoms with E-state index in [0.29, 0.717) is 17.5 Å². The zero-order valence-corrected chi connectivity index (χ0v) is 10.9. The molecular formula is C13H19N3O2. The number of hydrogen-bond acceptors (Lipinski definition) is 5. The van der Waals surface area contributed by atoms with Crippen molar-refractivity contribution in [3.05, 3.63) is 23.8 Å². The first kappa shape index (κ1) is 12.8. The van der Waals surface area contributed by atoms with Crippen molar-refractivity contribution < 1.29 is 8.83 Å². The van der Waals surface area contributed by atoms with Gasteiger partial charge in [0.15, 0.2) is 5.76 Å². The van der Waals surface area contributed by atoms with E-state index in [9.17, 15) is 0 Å². The van der Waals surface area contributed by atoms with Crippen LogP contribution in [0.2, 0.25) is 0 Å². The van der Waals surface area contributed by atoms with Gasteiger partial charge in [-0.15, -0.1) is 10.2 Å². The number of nitrogens with zero attached hydrogens (tertiary/aromatic N) is 2. The van der Waals surface area contributed by atoms with Gasteiger partial charge in [0.1, 0.15) is 0 Å². The van der Waals surface area contributed by atoms with E-state index in [1.807, 2.05) is 13.0 Å². The van der Waals surface area contributed by atoms with Crippen LogP contribution in [0, 0.1) is 6.92 Å². The molecule has 0 aliphatic rings. The largest absolute Gasteiger partial charge is 0.459 e. The van der Waals surface area contributed by atoms with Gasteiger partial charge in [0.05, 0.1) is 6.26 Å². The van der Waals surface area contributed by atoms with Gasteiger partial charge in [-0.3, -0.25) is 0 Å². The van der Waals surface area contributed by atoms with Crippen molar-refractivity contribution in [2.45, 2.75) is 33.1 Å². The summed E-state index contributed by atoms with van der Waals surface area (Å²) in [7, 11) is 0. The highest BCUT2D eigenvalue weighted by atomic mass is 16.4. The van der Waals surface area contributed by atoms with Gasteiger partial charge in [-0.1, -0.05) is 6.92 Å². The third kappa shape index (κ3) is 3.20. The first-order valence-electron chi connectivity index (χ1n) is 6.39. The molecule has 5 heteroatoms. The Balaban J connectivity index is 1.85. The van der Waals surface area contributed by atoms with Gasteiger partial charge in [-0.05, 0) is 38.9 Å². The molecule has 2 rings (SSSR count). The van der Waals surface area contributed by atoms with E-state index >= 15 is 0 Å². The molecule has 0 radical (unpaired) electrons. The molecule has 0 atom stereocenters. The second-order valence-electron chi connectivity index (χ2n) is 4.29. The fourth-order valence-electron chi connectivity index (χ4n) is 1.70. The molecule has 98 valence electrons. The lowest BCUT2D eigenvalue weighted by atomic mass is 10.3. The molecular weight excluding hydrogens is 230 g/mol. The fraction of sp³-hybridized carbons (Fsp3) is 0.538. The van der Waals surface area contributed by atoms with Crippen molar-refractivity contribution in [3.8, 4) is 11.7 Å². The van der Waals surface area contributed by atoms with Crippen molar-refractivity contribution in [1.82, 2.24) is 15.5 Å². The number of aromatic nitrogens is 2. The maximum Gasteiger partial charge on any atom is 0.283 e. The smallest absolute Gasteiger partial charge is 0.283 e. The summed E-state index contributed by atoms with van der Waals surface area (Å²) in [5.74, 6) is 1.80. The number of furan rings is 1. The predicted octanol–water partition coefficient (Wildman–Crippen LogP) is 2.57. The summed E-state index contributed by atoms with van der Waals surface area (Å²) < 4.78 is 10.9. The summed E-state index contributed by atoms with van der Waals surface area (Å²) in [6.45, 7) is 6.15. The minimum atomic E-state index is 0.467. The molecule has 1 N–H and O–H groups in total. The average Bonchev–Trinajstić information content (AvgIpc) is 2.97. The Hall–Kier alpha value is -1.62. The zero-order valence-electron chi connectivity index (χ0n) is 10.9. The first-order valence-corrected chi connectivity index (χ1v) is 6.39. The Morgan fingerprint density at radius 3 is 2.89 bits per heavy atom. The molecule has 0 unspecified atom stereocenters. The molecule has 0 spiro atoms. The van der Waals surface area contributed by atoms with Crippen LogP contribution in [0.4, 0.5) is 0 Å².